The Bertz CT molecular complexity index is 439. The molecule has 0 bridgehead atoms. The number of aromatic amines is 1. The van der Waals surface area contributed by atoms with E-state index in [1.807, 2.05) is 6.92 Å². The Morgan fingerprint density at radius 3 is 2.69 bits per heavy atom. The SMILES string of the molecule is CCCc1cc(Cl)c(C(=O)OCC)c(=O)[nH]1. The van der Waals surface area contributed by atoms with Crippen molar-refractivity contribution in [2.24, 2.45) is 0 Å². The molecular weight excluding hydrogens is 230 g/mol. The molecule has 16 heavy (non-hydrogen) atoms. The van der Waals surface area contributed by atoms with Gasteiger partial charge in [-0.1, -0.05) is 24.9 Å². The monoisotopic (exact) mass is 243 g/mol. The molecule has 0 unspecified atom stereocenters. The number of esters is 1. The minimum absolute atomic E-state index is 0.122. The van der Waals surface area contributed by atoms with Gasteiger partial charge in [0.25, 0.3) is 5.56 Å². The van der Waals surface area contributed by atoms with Gasteiger partial charge in [0.2, 0.25) is 0 Å². The molecule has 0 aliphatic heterocycles. The first-order chi connectivity index (χ1) is 7.60. The Labute approximate surface area is 98.6 Å². The van der Waals surface area contributed by atoms with Crippen LogP contribution in [-0.2, 0) is 11.2 Å². The number of aryl methyl sites for hydroxylation is 1. The molecule has 0 saturated heterocycles. The lowest BCUT2D eigenvalue weighted by Gasteiger charge is -2.05. The molecule has 0 amide bonds. The lowest BCUT2D eigenvalue weighted by molar-refractivity contribution is 0.0524. The van der Waals surface area contributed by atoms with Gasteiger partial charge in [-0.3, -0.25) is 4.79 Å². The van der Waals surface area contributed by atoms with E-state index in [9.17, 15) is 9.59 Å². The Balaban J connectivity index is 3.12. The predicted octanol–water partition coefficient (Wildman–Crippen LogP) is 2.16. The third-order valence-electron chi connectivity index (χ3n) is 2.04. The van der Waals surface area contributed by atoms with Crippen molar-refractivity contribution in [2.45, 2.75) is 26.7 Å². The van der Waals surface area contributed by atoms with Crippen molar-refractivity contribution in [2.75, 3.05) is 6.61 Å². The van der Waals surface area contributed by atoms with Gasteiger partial charge < -0.3 is 9.72 Å². The van der Waals surface area contributed by atoms with Crippen LogP contribution in [0.2, 0.25) is 5.02 Å². The summed E-state index contributed by atoms with van der Waals surface area (Å²) in [5.41, 5.74) is 0.114. The number of hydrogen-bond acceptors (Lipinski definition) is 3. The largest absolute Gasteiger partial charge is 0.462 e. The molecule has 88 valence electrons. The van der Waals surface area contributed by atoms with Crippen LogP contribution in [0.5, 0.6) is 0 Å². The zero-order chi connectivity index (χ0) is 12.1. The molecule has 0 aromatic carbocycles. The second kappa shape index (κ2) is 5.70. The molecule has 0 saturated carbocycles. The van der Waals surface area contributed by atoms with E-state index in [4.69, 9.17) is 16.3 Å². The normalized spacial score (nSPS) is 10.2. The van der Waals surface area contributed by atoms with E-state index in [0.717, 1.165) is 18.5 Å². The molecule has 1 rings (SSSR count). The summed E-state index contributed by atoms with van der Waals surface area (Å²) < 4.78 is 4.75. The number of aromatic nitrogens is 1. The van der Waals surface area contributed by atoms with E-state index in [0.29, 0.717) is 0 Å². The summed E-state index contributed by atoms with van der Waals surface area (Å²) in [6.45, 7) is 3.88. The van der Waals surface area contributed by atoms with Crippen LogP contribution in [-0.4, -0.2) is 17.6 Å². The quantitative estimate of drug-likeness (QED) is 0.825. The van der Waals surface area contributed by atoms with Crippen LogP contribution in [0.4, 0.5) is 0 Å². The highest BCUT2D eigenvalue weighted by molar-refractivity contribution is 6.33. The van der Waals surface area contributed by atoms with E-state index in [2.05, 4.69) is 4.98 Å². The summed E-state index contributed by atoms with van der Waals surface area (Å²) in [6.07, 6.45) is 1.61. The lowest BCUT2D eigenvalue weighted by atomic mass is 10.2. The standard InChI is InChI=1S/C11H14ClNO3/c1-3-5-7-6-8(12)9(10(14)13-7)11(15)16-4-2/h6H,3-5H2,1-2H3,(H,13,14). The first-order valence-electron chi connectivity index (χ1n) is 5.19. The number of ether oxygens (including phenoxy) is 1. The van der Waals surface area contributed by atoms with Crippen LogP contribution < -0.4 is 5.56 Å². The minimum atomic E-state index is -0.684. The second-order valence-electron chi connectivity index (χ2n) is 3.32. The van der Waals surface area contributed by atoms with E-state index >= 15 is 0 Å². The number of halogens is 1. The summed E-state index contributed by atoms with van der Waals surface area (Å²) in [5.74, 6) is -0.684. The molecule has 1 N–H and O–H groups in total. The first-order valence-corrected chi connectivity index (χ1v) is 5.56. The number of hydrogen-bond donors (Lipinski definition) is 1. The molecule has 5 heteroatoms. The average Bonchev–Trinajstić information content (AvgIpc) is 2.17. The van der Waals surface area contributed by atoms with Crippen molar-refractivity contribution in [1.82, 2.24) is 4.98 Å². The van der Waals surface area contributed by atoms with Crippen LogP contribution in [0, 0.1) is 0 Å². The van der Waals surface area contributed by atoms with Crippen molar-refractivity contribution in [3.63, 3.8) is 0 Å². The van der Waals surface area contributed by atoms with E-state index in [1.165, 1.54) is 0 Å². The van der Waals surface area contributed by atoms with Crippen LogP contribution in [0.3, 0.4) is 0 Å². The number of pyridine rings is 1. The van der Waals surface area contributed by atoms with Gasteiger partial charge in [-0.2, -0.15) is 0 Å². The summed E-state index contributed by atoms with van der Waals surface area (Å²) >= 11 is 5.88. The molecule has 1 heterocycles. The topological polar surface area (TPSA) is 59.2 Å². The maximum atomic E-state index is 11.6. The predicted molar refractivity (Wildman–Crippen MR) is 62.0 cm³/mol. The van der Waals surface area contributed by atoms with Gasteiger partial charge in [-0.25, -0.2) is 4.79 Å². The summed E-state index contributed by atoms with van der Waals surface area (Å²) in [4.78, 5) is 25.7. The number of carbonyl (C=O) groups excluding carboxylic acids is 1. The molecule has 1 aromatic rings. The van der Waals surface area contributed by atoms with Crippen LogP contribution in [0.15, 0.2) is 10.9 Å². The molecule has 0 spiro atoms. The molecule has 0 radical (unpaired) electrons. The van der Waals surface area contributed by atoms with Gasteiger partial charge in [0.05, 0.1) is 11.6 Å². The highest BCUT2D eigenvalue weighted by Gasteiger charge is 2.17. The molecule has 4 nitrogen and oxygen atoms in total. The molecule has 0 aliphatic rings. The average molecular weight is 244 g/mol. The van der Waals surface area contributed by atoms with Crippen molar-refractivity contribution in [1.29, 1.82) is 0 Å². The second-order valence-corrected chi connectivity index (χ2v) is 3.72. The fourth-order valence-electron chi connectivity index (χ4n) is 1.38. The van der Waals surface area contributed by atoms with Gasteiger partial charge in [0, 0.05) is 5.69 Å². The Morgan fingerprint density at radius 2 is 2.19 bits per heavy atom. The molecule has 0 atom stereocenters. The number of carbonyl (C=O) groups is 1. The molecular formula is C11H14ClNO3. The number of rotatable bonds is 4. The highest BCUT2D eigenvalue weighted by atomic mass is 35.5. The van der Waals surface area contributed by atoms with E-state index in [-0.39, 0.29) is 17.2 Å². The third kappa shape index (κ3) is 2.85. The summed E-state index contributed by atoms with van der Waals surface area (Å²) in [7, 11) is 0. The lowest BCUT2D eigenvalue weighted by Crippen LogP contribution is -2.21. The smallest absolute Gasteiger partial charge is 0.345 e. The fourth-order valence-corrected chi connectivity index (χ4v) is 1.67. The third-order valence-corrected chi connectivity index (χ3v) is 2.34. The zero-order valence-electron chi connectivity index (χ0n) is 9.30. The maximum Gasteiger partial charge on any atom is 0.345 e. The number of H-pyrrole nitrogens is 1. The Hall–Kier alpha value is -1.29. The summed E-state index contributed by atoms with van der Waals surface area (Å²) in [6, 6.07) is 1.60. The molecule has 0 fully saturated rings. The minimum Gasteiger partial charge on any atom is -0.462 e. The Kier molecular flexibility index (Phi) is 4.55. The van der Waals surface area contributed by atoms with Crippen LogP contribution in [0.1, 0.15) is 36.3 Å². The van der Waals surface area contributed by atoms with Gasteiger partial charge in [0.1, 0.15) is 5.56 Å². The fraction of sp³-hybridized carbons (Fsp3) is 0.455. The molecule has 0 aliphatic carbocycles. The highest BCUT2D eigenvalue weighted by Crippen LogP contribution is 2.14. The van der Waals surface area contributed by atoms with Gasteiger partial charge in [0.15, 0.2) is 0 Å². The van der Waals surface area contributed by atoms with Crippen molar-refractivity contribution in [3.05, 3.63) is 32.7 Å². The van der Waals surface area contributed by atoms with Gasteiger partial charge in [-0.05, 0) is 19.4 Å². The van der Waals surface area contributed by atoms with E-state index < -0.39 is 11.5 Å². The zero-order valence-corrected chi connectivity index (χ0v) is 10.1. The van der Waals surface area contributed by atoms with Crippen molar-refractivity contribution in [3.8, 4) is 0 Å². The maximum absolute atomic E-state index is 11.6. The van der Waals surface area contributed by atoms with Gasteiger partial charge in [-0.15, -0.1) is 0 Å². The van der Waals surface area contributed by atoms with E-state index in [1.54, 1.807) is 13.0 Å². The van der Waals surface area contributed by atoms with Crippen molar-refractivity contribution < 1.29 is 9.53 Å². The van der Waals surface area contributed by atoms with Crippen LogP contribution in [0.25, 0.3) is 0 Å². The van der Waals surface area contributed by atoms with Crippen molar-refractivity contribution >= 4 is 17.6 Å². The van der Waals surface area contributed by atoms with Crippen LogP contribution >= 0.6 is 11.6 Å². The first kappa shape index (κ1) is 12.8. The van der Waals surface area contributed by atoms with Gasteiger partial charge >= 0.3 is 5.97 Å². The number of nitrogens with one attached hydrogen (secondary N) is 1. The summed E-state index contributed by atoms with van der Waals surface area (Å²) in [5, 5.41) is 0.144. The molecule has 1 aromatic heterocycles. The Morgan fingerprint density at radius 1 is 1.50 bits per heavy atom.